The molecule has 2 aromatic heterocycles. The fourth-order valence-electron chi connectivity index (χ4n) is 2.52. The molecule has 1 aliphatic rings. The van der Waals surface area contributed by atoms with E-state index in [0.717, 1.165) is 38.0 Å². The molecule has 1 aliphatic heterocycles. The van der Waals surface area contributed by atoms with Gasteiger partial charge in [0.15, 0.2) is 0 Å². The molecule has 0 saturated carbocycles. The number of ether oxygens (including phenoxy) is 2. The minimum Gasteiger partial charge on any atom is -0.474 e. The number of carbonyl (C=O) groups is 1. The quantitative estimate of drug-likeness (QED) is 0.878. The summed E-state index contributed by atoms with van der Waals surface area (Å²) in [7, 11) is 0. The summed E-state index contributed by atoms with van der Waals surface area (Å²) in [5, 5.41) is 2.89. The zero-order valence-electron chi connectivity index (χ0n) is 13.5. The fourth-order valence-corrected chi connectivity index (χ4v) is 2.52. The van der Waals surface area contributed by atoms with E-state index in [9.17, 15) is 4.79 Å². The molecule has 126 valence electrons. The maximum absolute atomic E-state index is 12.1. The van der Waals surface area contributed by atoms with E-state index in [1.165, 1.54) is 0 Å². The molecule has 0 aliphatic carbocycles. The van der Waals surface area contributed by atoms with E-state index in [1.54, 1.807) is 30.7 Å². The maximum Gasteiger partial charge on any atom is 0.252 e. The highest BCUT2D eigenvalue weighted by molar-refractivity contribution is 5.93. The van der Waals surface area contributed by atoms with Crippen LogP contribution in [0.3, 0.4) is 0 Å². The van der Waals surface area contributed by atoms with Gasteiger partial charge >= 0.3 is 0 Å². The summed E-state index contributed by atoms with van der Waals surface area (Å²) in [4.78, 5) is 20.3. The van der Waals surface area contributed by atoms with Crippen molar-refractivity contribution in [3.05, 3.63) is 54.0 Å². The molecular formula is C18H21N3O3. The average molecular weight is 327 g/mol. The Balaban J connectivity index is 1.46. The van der Waals surface area contributed by atoms with E-state index in [2.05, 4.69) is 15.3 Å². The zero-order chi connectivity index (χ0) is 16.6. The Morgan fingerprint density at radius 3 is 2.71 bits per heavy atom. The van der Waals surface area contributed by atoms with Crippen molar-refractivity contribution in [3.8, 4) is 5.88 Å². The molecule has 1 fully saturated rings. The number of rotatable bonds is 6. The van der Waals surface area contributed by atoms with Crippen molar-refractivity contribution in [1.29, 1.82) is 0 Å². The van der Waals surface area contributed by atoms with Crippen molar-refractivity contribution in [2.45, 2.75) is 25.4 Å². The minimum absolute atomic E-state index is 0.130. The van der Waals surface area contributed by atoms with Crippen LogP contribution in [0.1, 0.15) is 28.8 Å². The van der Waals surface area contributed by atoms with E-state index in [0.29, 0.717) is 18.0 Å². The molecule has 1 saturated heterocycles. The topological polar surface area (TPSA) is 73.3 Å². The van der Waals surface area contributed by atoms with Crippen LogP contribution < -0.4 is 10.1 Å². The van der Waals surface area contributed by atoms with E-state index in [1.807, 2.05) is 12.1 Å². The average Bonchev–Trinajstić information content (AvgIpc) is 2.64. The summed E-state index contributed by atoms with van der Waals surface area (Å²) in [5.74, 6) is 0.421. The summed E-state index contributed by atoms with van der Waals surface area (Å²) in [6, 6.07) is 7.36. The Kier molecular flexibility index (Phi) is 5.74. The molecule has 0 radical (unpaired) electrons. The molecule has 2 aromatic rings. The minimum atomic E-state index is -0.130. The number of amides is 1. The van der Waals surface area contributed by atoms with Crippen LogP contribution in [0.25, 0.3) is 0 Å². The number of hydrogen-bond acceptors (Lipinski definition) is 5. The zero-order valence-corrected chi connectivity index (χ0v) is 13.5. The molecule has 6 heteroatoms. The summed E-state index contributed by atoms with van der Waals surface area (Å²) in [6.45, 7) is 2.02. The lowest BCUT2D eigenvalue weighted by atomic mass is 10.1. The SMILES string of the molecule is O=C(NCCc1ccncc1)c1ccc(OC2CCOCC2)nc1. The maximum atomic E-state index is 12.1. The van der Waals surface area contributed by atoms with E-state index < -0.39 is 0 Å². The van der Waals surface area contributed by atoms with Gasteiger partial charge in [0.25, 0.3) is 5.91 Å². The van der Waals surface area contributed by atoms with Crippen LogP contribution in [0, 0.1) is 0 Å². The lowest BCUT2D eigenvalue weighted by Crippen LogP contribution is -2.27. The second-order valence-electron chi connectivity index (χ2n) is 5.68. The summed E-state index contributed by atoms with van der Waals surface area (Å²) in [6.07, 6.45) is 7.71. The molecule has 0 bridgehead atoms. The third-order valence-corrected chi connectivity index (χ3v) is 3.90. The van der Waals surface area contributed by atoms with Crippen LogP contribution in [0.2, 0.25) is 0 Å². The molecule has 0 aromatic carbocycles. The number of carbonyl (C=O) groups excluding carboxylic acids is 1. The highest BCUT2D eigenvalue weighted by Gasteiger charge is 2.16. The van der Waals surface area contributed by atoms with Crippen LogP contribution in [0.5, 0.6) is 5.88 Å². The summed E-state index contributed by atoms with van der Waals surface area (Å²) in [5.41, 5.74) is 1.67. The van der Waals surface area contributed by atoms with Gasteiger partial charge in [0.1, 0.15) is 6.10 Å². The van der Waals surface area contributed by atoms with Crippen molar-refractivity contribution in [1.82, 2.24) is 15.3 Å². The molecule has 24 heavy (non-hydrogen) atoms. The predicted molar refractivity (Wildman–Crippen MR) is 89.0 cm³/mol. The molecule has 3 rings (SSSR count). The van der Waals surface area contributed by atoms with Gasteiger partial charge in [-0.05, 0) is 30.2 Å². The van der Waals surface area contributed by atoms with Gasteiger partial charge in [-0.3, -0.25) is 9.78 Å². The van der Waals surface area contributed by atoms with Crippen LogP contribution in [0.4, 0.5) is 0 Å². The monoisotopic (exact) mass is 327 g/mol. The molecule has 6 nitrogen and oxygen atoms in total. The number of pyridine rings is 2. The molecule has 3 heterocycles. The first kappa shape index (κ1) is 16.4. The first-order chi connectivity index (χ1) is 11.8. The smallest absolute Gasteiger partial charge is 0.252 e. The van der Waals surface area contributed by atoms with Gasteiger partial charge in [-0.1, -0.05) is 0 Å². The molecule has 0 unspecified atom stereocenters. The van der Waals surface area contributed by atoms with Crippen LogP contribution in [-0.2, 0) is 11.2 Å². The summed E-state index contributed by atoms with van der Waals surface area (Å²) >= 11 is 0. The lowest BCUT2D eigenvalue weighted by Gasteiger charge is -2.22. The Bertz CT molecular complexity index is 640. The van der Waals surface area contributed by atoms with Crippen molar-refractivity contribution >= 4 is 5.91 Å². The van der Waals surface area contributed by atoms with Gasteiger partial charge in [0.2, 0.25) is 5.88 Å². The fraction of sp³-hybridized carbons (Fsp3) is 0.389. The first-order valence-electron chi connectivity index (χ1n) is 8.19. The number of aromatic nitrogens is 2. The van der Waals surface area contributed by atoms with Crippen LogP contribution in [0.15, 0.2) is 42.9 Å². The van der Waals surface area contributed by atoms with Crippen molar-refractivity contribution in [2.24, 2.45) is 0 Å². The Morgan fingerprint density at radius 1 is 1.21 bits per heavy atom. The van der Waals surface area contributed by atoms with E-state index in [4.69, 9.17) is 9.47 Å². The Morgan fingerprint density at radius 2 is 2.00 bits per heavy atom. The Hall–Kier alpha value is -2.47. The Labute approximate surface area is 141 Å². The lowest BCUT2D eigenvalue weighted by molar-refractivity contribution is 0.0237. The van der Waals surface area contributed by atoms with Gasteiger partial charge in [-0.25, -0.2) is 4.98 Å². The summed E-state index contributed by atoms with van der Waals surface area (Å²) < 4.78 is 11.1. The van der Waals surface area contributed by atoms with E-state index in [-0.39, 0.29) is 12.0 Å². The number of nitrogens with one attached hydrogen (secondary N) is 1. The molecule has 0 spiro atoms. The normalized spacial score (nSPS) is 15.0. The predicted octanol–water partition coefficient (Wildman–Crippen LogP) is 2.01. The van der Waals surface area contributed by atoms with E-state index >= 15 is 0 Å². The number of hydrogen-bond donors (Lipinski definition) is 1. The molecule has 0 atom stereocenters. The third kappa shape index (κ3) is 4.76. The van der Waals surface area contributed by atoms with Crippen molar-refractivity contribution < 1.29 is 14.3 Å². The highest BCUT2D eigenvalue weighted by Crippen LogP contribution is 2.15. The van der Waals surface area contributed by atoms with Gasteiger partial charge in [-0.2, -0.15) is 0 Å². The highest BCUT2D eigenvalue weighted by atomic mass is 16.5. The second kappa shape index (κ2) is 8.40. The van der Waals surface area contributed by atoms with Gasteiger partial charge in [0.05, 0.1) is 18.8 Å². The van der Waals surface area contributed by atoms with Crippen molar-refractivity contribution in [3.63, 3.8) is 0 Å². The van der Waals surface area contributed by atoms with Gasteiger partial charge in [0, 0.05) is 44.0 Å². The number of nitrogens with zero attached hydrogens (tertiary/aromatic N) is 2. The van der Waals surface area contributed by atoms with Gasteiger partial charge in [-0.15, -0.1) is 0 Å². The first-order valence-corrected chi connectivity index (χ1v) is 8.19. The van der Waals surface area contributed by atoms with Crippen LogP contribution in [-0.4, -0.2) is 41.7 Å². The third-order valence-electron chi connectivity index (χ3n) is 3.90. The molecule has 1 N–H and O–H groups in total. The molecular weight excluding hydrogens is 306 g/mol. The largest absolute Gasteiger partial charge is 0.474 e. The van der Waals surface area contributed by atoms with Gasteiger partial charge < -0.3 is 14.8 Å². The standard InChI is InChI=1S/C18H21N3O3/c22-18(20-10-5-14-3-8-19-9-4-14)15-1-2-17(21-13-15)24-16-6-11-23-12-7-16/h1-4,8-9,13,16H,5-7,10-12H2,(H,20,22). The van der Waals surface area contributed by atoms with Crippen LogP contribution >= 0.6 is 0 Å². The molecule has 1 amide bonds. The second-order valence-corrected chi connectivity index (χ2v) is 5.68. The van der Waals surface area contributed by atoms with Crippen molar-refractivity contribution in [2.75, 3.05) is 19.8 Å².